The molecule has 0 aliphatic rings. The largest absolute Gasteiger partial charge is 0.326 e. The Bertz CT molecular complexity index is 871. The Hall–Kier alpha value is -2.62. The minimum absolute atomic E-state index is 0.0468. The van der Waals surface area contributed by atoms with Crippen molar-refractivity contribution in [2.75, 3.05) is 10.6 Å². The highest BCUT2D eigenvalue weighted by Gasteiger charge is 2.22. The molecule has 0 saturated heterocycles. The van der Waals surface area contributed by atoms with Crippen LogP contribution in [0.3, 0.4) is 0 Å². The summed E-state index contributed by atoms with van der Waals surface area (Å²) in [4.78, 5) is 24.2. The maximum atomic E-state index is 12.8. The summed E-state index contributed by atoms with van der Waals surface area (Å²) in [6.45, 7) is 14.2. The van der Waals surface area contributed by atoms with Crippen LogP contribution in [0, 0.1) is 0 Å². The van der Waals surface area contributed by atoms with Crippen LogP contribution in [0.5, 0.6) is 0 Å². The van der Waals surface area contributed by atoms with E-state index in [9.17, 15) is 9.59 Å². The topological polar surface area (TPSA) is 58.2 Å². The average Bonchev–Trinajstić information content (AvgIpc) is 2.54. The first-order chi connectivity index (χ1) is 12.9. The van der Waals surface area contributed by atoms with E-state index in [2.05, 4.69) is 58.2 Å². The van der Waals surface area contributed by atoms with E-state index in [-0.39, 0.29) is 29.1 Å². The summed E-state index contributed by atoms with van der Waals surface area (Å²) in [6, 6.07) is 13.7. The van der Waals surface area contributed by atoms with Gasteiger partial charge in [0.05, 0.1) is 6.42 Å². The molecule has 2 aromatic rings. The Morgan fingerprint density at radius 2 is 1.43 bits per heavy atom. The second-order valence-corrected chi connectivity index (χ2v) is 9.32. The molecule has 2 N–H and O–H groups in total. The molecule has 0 unspecified atom stereocenters. The number of hydrogen-bond acceptors (Lipinski definition) is 2. The van der Waals surface area contributed by atoms with E-state index in [1.807, 2.05) is 36.4 Å². The summed E-state index contributed by atoms with van der Waals surface area (Å²) in [5.74, 6) is -0.154. The molecule has 2 rings (SSSR count). The van der Waals surface area contributed by atoms with Crippen molar-refractivity contribution in [3.63, 3.8) is 0 Å². The second-order valence-electron chi connectivity index (χ2n) is 9.32. The molecule has 0 bridgehead atoms. The molecule has 0 aromatic heterocycles. The quantitative estimate of drug-likeness (QED) is 0.744. The molecule has 0 saturated carbocycles. The van der Waals surface area contributed by atoms with Crippen LogP contribution in [0.4, 0.5) is 11.4 Å². The van der Waals surface area contributed by atoms with E-state index in [0.717, 1.165) is 28.1 Å². The lowest BCUT2D eigenvalue weighted by molar-refractivity contribution is -0.116. The fraction of sp³-hybridized carbons (Fsp3) is 0.417. The number of carbonyl (C=O) groups is 2. The molecule has 0 radical (unpaired) electrons. The van der Waals surface area contributed by atoms with Crippen molar-refractivity contribution in [3.8, 4) is 0 Å². The van der Waals surface area contributed by atoms with Gasteiger partial charge in [-0.1, -0.05) is 65.8 Å². The molecule has 0 atom stereocenters. The zero-order chi connectivity index (χ0) is 21.1. The van der Waals surface area contributed by atoms with Gasteiger partial charge < -0.3 is 10.6 Å². The van der Waals surface area contributed by atoms with Gasteiger partial charge in [-0.3, -0.25) is 9.59 Å². The number of hydrogen-bond donors (Lipinski definition) is 2. The highest BCUT2D eigenvalue weighted by atomic mass is 16.2. The van der Waals surface area contributed by atoms with Gasteiger partial charge in [0.25, 0.3) is 0 Å². The van der Waals surface area contributed by atoms with E-state index >= 15 is 0 Å². The smallest absolute Gasteiger partial charge is 0.228 e. The normalized spacial score (nSPS) is 11.8. The zero-order valence-corrected chi connectivity index (χ0v) is 18.1. The molecule has 0 aliphatic carbocycles. The molecule has 4 heteroatoms. The van der Waals surface area contributed by atoms with E-state index in [1.165, 1.54) is 6.92 Å². The second kappa shape index (κ2) is 8.17. The third-order valence-corrected chi connectivity index (χ3v) is 4.60. The highest BCUT2D eigenvalue weighted by Crippen LogP contribution is 2.31. The van der Waals surface area contributed by atoms with Crippen LogP contribution >= 0.6 is 0 Å². The summed E-state index contributed by atoms with van der Waals surface area (Å²) in [7, 11) is 0. The lowest BCUT2D eigenvalue weighted by atomic mass is 9.82. The van der Waals surface area contributed by atoms with Crippen molar-refractivity contribution in [2.45, 2.75) is 65.7 Å². The molecular formula is C24H32N2O2. The van der Waals surface area contributed by atoms with E-state index < -0.39 is 0 Å². The molecule has 2 amide bonds. The maximum Gasteiger partial charge on any atom is 0.228 e. The molecule has 0 spiro atoms. The van der Waals surface area contributed by atoms with Crippen LogP contribution in [0.2, 0.25) is 0 Å². The fourth-order valence-corrected chi connectivity index (χ4v) is 3.32. The third-order valence-electron chi connectivity index (χ3n) is 4.60. The first-order valence-electron chi connectivity index (χ1n) is 9.68. The van der Waals surface area contributed by atoms with Gasteiger partial charge in [-0.15, -0.1) is 0 Å². The molecule has 4 nitrogen and oxygen atoms in total. The Kier molecular flexibility index (Phi) is 6.33. The first kappa shape index (κ1) is 21.7. The van der Waals surface area contributed by atoms with Gasteiger partial charge >= 0.3 is 0 Å². The fourth-order valence-electron chi connectivity index (χ4n) is 3.32. The number of anilines is 2. The number of benzene rings is 2. The number of carbonyl (C=O) groups excluding carboxylic acids is 2. The molecule has 2 aromatic carbocycles. The summed E-state index contributed by atoms with van der Waals surface area (Å²) >= 11 is 0. The van der Waals surface area contributed by atoms with Gasteiger partial charge in [0.15, 0.2) is 0 Å². The molecular weight excluding hydrogens is 348 g/mol. The van der Waals surface area contributed by atoms with Crippen molar-refractivity contribution in [1.82, 2.24) is 0 Å². The maximum absolute atomic E-state index is 12.8. The predicted octanol–water partition coefficient (Wildman–Crippen LogP) is 5.42. The van der Waals surface area contributed by atoms with E-state index in [1.54, 1.807) is 0 Å². The monoisotopic (exact) mass is 380 g/mol. The molecule has 0 fully saturated rings. The molecule has 0 heterocycles. The Morgan fingerprint density at radius 1 is 0.821 bits per heavy atom. The molecule has 150 valence electrons. The van der Waals surface area contributed by atoms with Crippen molar-refractivity contribution in [1.29, 1.82) is 0 Å². The van der Waals surface area contributed by atoms with E-state index in [0.29, 0.717) is 0 Å². The standard InChI is InChI=1S/C24H32N2O2/c1-16(27)25-18-13-12-17(20(15-18)24(5,6)7)14-22(28)26-21-11-9-8-10-19(21)23(2,3)4/h8-13,15H,14H2,1-7H3,(H,25,27)(H,26,28). The first-order valence-corrected chi connectivity index (χ1v) is 9.68. The molecule has 28 heavy (non-hydrogen) atoms. The van der Waals surface area contributed by atoms with Crippen molar-refractivity contribution < 1.29 is 9.59 Å². The lowest BCUT2D eigenvalue weighted by Gasteiger charge is -2.25. The Morgan fingerprint density at radius 3 is 2.00 bits per heavy atom. The van der Waals surface area contributed by atoms with Gasteiger partial charge in [-0.05, 0) is 45.7 Å². The van der Waals surface area contributed by atoms with Crippen molar-refractivity contribution in [2.24, 2.45) is 0 Å². The summed E-state index contributed by atoms with van der Waals surface area (Å²) in [5.41, 5.74) is 4.53. The van der Waals surface area contributed by atoms with Crippen LogP contribution < -0.4 is 10.6 Å². The van der Waals surface area contributed by atoms with Crippen LogP contribution in [0.15, 0.2) is 42.5 Å². The number of amides is 2. The number of rotatable bonds is 4. The van der Waals surface area contributed by atoms with Gasteiger partial charge in [-0.25, -0.2) is 0 Å². The van der Waals surface area contributed by atoms with E-state index in [4.69, 9.17) is 0 Å². The third kappa shape index (κ3) is 5.69. The Labute approximate surface area is 168 Å². The van der Waals surface area contributed by atoms with Gasteiger partial charge in [-0.2, -0.15) is 0 Å². The average molecular weight is 381 g/mol. The predicted molar refractivity (Wildman–Crippen MR) is 117 cm³/mol. The minimum Gasteiger partial charge on any atom is -0.326 e. The SMILES string of the molecule is CC(=O)Nc1ccc(CC(=O)Nc2ccccc2C(C)(C)C)c(C(C)(C)C)c1. The molecule has 0 aliphatic heterocycles. The van der Waals surface area contributed by atoms with Crippen LogP contribution in [0.25, 0.3) is 0 Å². The van der Waals surface area contributed by atoms with Gasteiger partial charge in [0, 0.05) is 18.3 Å². The Balaban J connectivity index is 2.28. The van der Waals surface area contributed by atoms with Crippen LogP contribution in [0.1, 0.15) is 65.2 Å². The summed E-state index contributed by atoms with van der Waals surface area (Å²) in [6.07, 6.45) is 0.283. The summed E-state index contributed by atoms with van der Waals surface area (Å²) < 4.78 is 0. The van der Waals surface area contributed by atoms with Gasteiger partial charge in [0.1, 0.15) is 0 Å². The number of para-hydroxylation sites is 1. The van der Waals surface area contributed by atoms with Crippen molar-refractivity contribution >= 4 is 23.2 Å². The highest BCUT2D eigenvalue weighted by molar-refractivity contribution is 5.94. The summed E-state index contributed by atoms with van der Waals surface area (Å²) in [5, 5.41) is 5.90. The van der Waals surface area contributed by atoms with Crippen molar-refractivity contribution in [3.05, 3.63) is 59.2 Å². The number of nitrogens with one attached hydrogen (secondary N) is 2. The van der Waals surface area contributed by atoms with Gasteiger partial charge in [0.2, 0.25) is 11.8 Å². The van der Waals surface area contributed by atoms with Crippen LogP contribution in [-0.2, 0) is 26.8 Å². The minimum atomic E-state index is -0.145. The van der Waals surface area contributed by atoms with Crippen LogP contribution in [-0.4, -0.2) is 11.8 Å². The lowest BCUT2D eigenvalue weighted by Crippen LogP contribution is -2.22. The zero-order valence-electron chi connectivity index (χ0n) is 18.1.